The predicted molar refractivity (Wildman–Crippen MR) is 98.5 cm³/mol. The van der Waals surface area contributed by atoms with E-state index in [0.29, 0.717) is 5.16 Å². The number of benzene rings is 1. The van der Waals surface area contributed by atoms with Crippen molar-refractivity contribution in [1.82, 2.24) is 9.97 Å². The van der Waals surface area contributed by atoms with Crippen LogP contribution in [0.25, 0.3) is 16.3 Å². The lowest BCUT2D eigenvalue weighted by atomic mass is 10.2. The molecular weight excluding hydrogens is 324 g/mol. The molecule has 2 aromatic heterocycles. The van der Waals surface area contributed by atoms with Crippen LogP contribution in [0.15, 0.2) is 46.4 Å². The Hall–Kier alpha value is -1.85. The third-order valence-corrected chi connectivity index (χ3v) is 5.99. The van der Waals surface area contributed by atoms with Gasteiger partial charge < -0.3 is 4.98 Å². The minimum atomic E-state index is 0.0175. The number of aromatic nitrogens is 2. The van der Waals surface area contributed by atoms with Crippen molar-refractivity contribution in [3.05, 3.63) is 62.8 Å². The molecule has 1 aliphatic rings. The summed E-state index contributed by atoms with van der Waals surface area (Å²) in [6.07, 6.45) is 7.46. The van der Waals surface area contributed by atoms with E-state index in [1.165, 1.54) is 16.0 Å². The van der Waals surface area contributed by atoms with E-state index in [1.54, 1.807) is 23.1 Å². The summed E-state index contributed by atoms with van der Waals surface area (Å²) in [4.78, 5) is 22.2. The van der Waals surface area contributed by atoms with E-state index in [2.05, 4.69) is 34.3 Å². The van der Waals surface area contributed by atoms with Crippen LogP contribution >= 0.6 is 23.1 Å². The van der Waals surface area contributed by atoms with Gasteiger partial charge in [-0.05, 0) is 30.4 Å². The second kappa shape index (κ2) is 6.34. The first kappa shape index (κ1) is 14.7. The van der Waals surface area contributed by atoms with Gasteiger partial charge in [0.25, 0.3) is 5.56 Å². The first-order valence-corrected chi connectivity index (χ1v) is 9.50. The van der Waals surface area contributed by atoms with Crippen LogP contribution in [0.2, 0.25) is 0 Å². The fourth-order valence-electron chi connectivity index (χ4n) is 2.93. The first-order chi connectivity index (χ1) is 11.3. The van der Waals surface area contributed by atoms with E-state index in [4.69, 9.17) is 0 Å². The van der Waals surface area contributed by atoms with Crippen LogP contribution in [-0.4, -0.2) is 15.7 Å². The quantitative estimate of drug-likeness (QED) is 0.569. The zero-order valence-corrected chi connectivity index (χ0v) is 14.2. The van der Waals surface area contributed by atoms with Gasteiger partial charge in [0, 0.05) is 10.6 Å². The van der Waals surface area contributed by atoms with Gasteiger partial charge in [-0.1, -0.05) is 54.2 Å². The SMILES string of the molecule is O=c1[nH]c(SCC=Cc2ccccc2)nc2sc3c(c12)CCC3. The average Bonchev–Trinajstić information content (AvgIpc) is 3.13. The summed E-state index contributed by atoms with van der Waals surface area (Å²) in [5.74, 6) is 0.786. The molecule has 3 aromatic rings. The fraction of sp³-hybridized carbons (Fsp3) is 0.222. The van der Waals surface area contributed by atoms with Gasteiger partial charge in [-0.3, -0.25) is 4.79 Å². The van der Waals surface area contributed by atoms with Crippen LogP contribution in [0, 0.1) is 0 Å². The van der Waals surface area contributed by atoms with Gasteiger partial charge in [0.2, 0.25) is 0 Å². The summed E-state index contributed by atoms with van der Waals surface area (Å²) in [6.45, 7) is 0. The molecule has 0 spiro atoms. The molecule has 0 aliphatic heterocycles. The van der Waals surface area contributed by atoms with Crippen molar-refractivity contribution in [3.8, 4) is 0 Å². The molecule has 0 atom stereocenters. The number of nitrogens with zero attached hydrogens (tertiary/aromatic N) is 1. The molecule has 2 heterocycles. The fourth-order valence-corrected chi connectivity index (χ4v) is 4.92. The van der Waals surface area contributed by atoms with Crippen LogP contribution in [-0.2, 0) is 12.8 Å². The van der Waals surface area contributed by atoms with E-state index >= 15 is 0 Å². The Morgan fingerprint density at radius 3 is 3.00 bits per heavy atom. The normalized spacial score (nSPS) is 13.9. The van der Waals surface area contributed by atoms with Crippen LogP contribution in [0.1, 0.15) is 22.4 Å². The number of hydrogen-bond donors (Lipinski definition) is 1. The number of fused-ring (bicyclic) bond motifs is 3. The van der Waals surface area contributed by atoms with Gasteiger partial charge in [0.1, 0.15) is 4.83 Å². The lowest BCUT2D eigenvalue weighted by molar-refractivity contribution is 0.914. The Morgan fingerprint density at radius 2 is 2.13 bits per heavy atom. The molecule has 1 N–H and O–H groups in total. The van der Waals surface area contributed by atoms with Crippen LogP contribution < -0.4 is 5.56 Å². The standard InChI is InChI=1S/C18H16N2OS2/c21-16-15-13-9-4-10-14(13)23-17(15)20-18(19-16)22-11-5-8-12-6-2-1-3-7-12/h1-3,5-8H,4,9-11H2,(H,19,20,21). The van der Waals surface area contributed by atoms with Crippen molar-refractivity contribution in [3.63, 3.8) is 0 Å². The molecule has 0 unspecified atom stereocenters. The summed E-state index contributed by atoms with van der Waals surface area (Å²) in [5.41, 5.74) is 2.43. The van der Waals surface area contributed by atoms with Crippen molar-refractivity contribution >= 4 is 39.4 Å². The highest BCUT2D eigenvalue weighted by Crippen LogP contribution is 2.35. The Balaban J connectivity index is 1.52. The molecular formula is C18H16N2OS2. The third-order valence-electron chi connectivity index (χ3n) is 3.98. The lowest BCUT2D eigenvalue weighted by Gasteiger charge is -1.99. The number of aromatic amines is 1. The monoisotopic (exact) mass is 340 g/mol. The minimum absolute atomic E-state index is 0.0175. The molecule has 1 aliphatic carbocycles. The van der Waals surface area contributed by atoms with E-state index < -0.39 is 0 Å². The number of thioether (sulfide) groups is 1. The maximum atomic E-state index is 12.4. The molecule has 0 saturated heterocycles. The summed E-state index contributed by atoms with van der Waals surface area (Å²) in [6, 6.07) is 10.2. The Labute approximate surface area is 142 Å². The molecule has 0 radical (unpaired) electrons. The van der Waals surface area contributed by atoms with E-state index in [0.717, 1.165) is 35.2 Å². The topological polar surface area (TPSA) is 45.8 Å². The van der Waals surface area contributed by atoms with Crippen molar-refractivity contribution in [1.29, 1.82) is 0 Å². The van der Waals surface area contributed by atoms with Gasteiger partial charge in [0.15, 0.2) is 5.16 Å². The maximum absolute atomic E-state index is 12.4. The van der Waals surface area contributed by atoms with Crippen molar-refractivity contribution in [2.75, 3.05) is 5.75 Å². The van der Waals surface area contributed by atoms with E-state index in [1.807, 2.05) is 18.2 Å². The number of nitrogens with one attached hydrogen (secondary N) is 1. The average molecular weight is 340 g/mol. The zero-order valence-electron chi connectivity index (χ0n) is 12.5. The molecule has 23 heavy (non-hydrogen) atoms. The van der Waals surface area contributed by atoms with Gasteiger partial charge in [-0.2, -0.15) is 0 Å². The Bertz CT molecular complexity index is 925. The summed E-state index contributed by atoms with van der Waals surface area (Å²) < 4.78 is 0. The molecule has 3 nitrogen and oxygen atoms in total. The van der Waals surface area contributed by atoms with Gasteiger partial charge >= 0.3 is 0 Å². The predicted octanol–water partition coefficient (Wildman–Crippen LogP) is 4.28. The lowest BCUT2D eigenvalue weighted by Crippen LogP contribution is -2.09. The molecule has 0 bridgehead atoms. The highest BCUT2D eigenvalue weighted by molar-refractivity contribution is 7.99. The summed E-state index contributed by atoms with van der Waals surface area (Å²) >= 11 is 3.25. The first-order valence-electron chi connectivity index (χ1n) is 7.70. The summed E-state index contributed by atoms with van der Waals surface area (Å²) in [7, 11) is 0. The van der Waals surface area contributed by atoms with Gasteiger partial charge in [-0.15, -0.1) is 11.3 Å². The highest BCUT2D eigenvalue weighted by atomic mass is 32.2. The molecule has 5 heteroatoms. The number of hydrogen-bond acceptors (Lipinski definition) is 4. The zero-order chi connectivity index (χ0) is 15.6. The number of thiophene rings is 1. The second-order valence-electron chi connectivity index (χ2n) is 5.53. The van der Waals surface area contributed by atoms with E-state index in [9.17, 15) is 4.79 Å². The van der Waals surface area contributed by atoms with Gasteiger partial charge in [-0.25, -0.2) is 4.98 Å². The molecule has 0 saturated carbocycles. The van der Waals surface area contributed by atoms with Crippen LogP contribution in [0.5, 0.6) is 0 Å². The highest BCUT2D eigenvalue weighted by Gasteiger charge is 2.20. The number of rotatable bonds is 4. The number of H-pyrrole nitrogens is 1. The smallest absolute Gasteiger partial charge is 0.260 e. The molecule has 1 aromatic carbocycles. The molecule has 0 fully saturated rings. The van der Waals surface area contributed by atoms with Crippen molar-refractivity contribution in [2.45, 2.75) is 24.4 Å². The third kappa shape index (κ3) is 2.99. The van der Waals surface area contributed by atoms with Crippen molar-refractivity contribution < 1.29 is 0 Å². The molecule has 0 amide bonds. The largest absolute Gasteiger partial charge is 0.301 e. The summed E-state index contributed by atoms with van der Waals surface area (Å²) in [5, 5.41) is 1.53. The molecule has 116 valence electrons. The Kier molecular flexibility index (Phi) is 4.06. The van der Waals surface area contributed by atoms with Crippen LogP contribution in [0.3, 0.4) is 0 Å². The van der Waals surface area contributed by atoms with Gasteiger partial charge in [0.05, 0.1) is 5.39 Å². The van der Waals surface area contributed by atoms with E-state index in [-0.39, 0.29) is 5.56 Å². The van der Waals surface area contributed by atoms with Crippen LogP contribution in [0.4, 0.5) is 0 Å². The molecule has 4 rings (SSSR count). The maximum Gasteiger partial charge on any atom is 0.260 e. The second-order valence-corrected chi connectivity index (χ2v) is 7.62. The Morgan fingerprint density at radius 1 is 1.26 bits per heavy atom. The van der Waals surface area contributed by atoms with Crippen molar-refractivity contribution in [2.24, 2.45) is 0 Å². The number of aryl methyl sites for hydroxylation is 2. The minimum Gasteiger partial charge on any atom is -0.301 e.